The highest BCUT2D eigenvalue weighted by Gasteiger charge is 1.99. The molecule has 0 atom stereocenters. The lowest BCUT2D eigenvalue weighted by Gasteiger charge is -2.17. The quantitative estimate of drug-likeness (QED) is 0.336. The van der Waals surface area contributed by atoms with Gasteiger partial charge in [0, 0.05) is 25.7 Å². The number of rotatable bonds is 5. The van der Waals surface area contributed by atoms with Crippen LogP contribution in [0, 0.1) is 0 Å². The van der Waals surface area contributed by atoms with Crippen molar-refractivity contribution in [3.8, 4) is 0 Å². The topological polar surface area (TPSA) is 51.7 Å². The molecule has 0 amide bonds. The fourth-order valence-corrected chi connectivity index (χ4v) is 1.67. The van der Waals surface area contributed by atoms with Crippen LogP contribution in [-0.4, -0.2) is 34.6 Å². The van der Waals surface area contributed by atoms with E-state index in [1.807, 2.05) is 45.8 Å². The number of aromatic nitrogens is 2. The molecule has 2 aromatic rings. The van der Waals surface area contributed by atoms with Gasteiger partial charge in [-0.3, -0.25) is 0 Å². The molecular formula is C12H16N6. The summed E-state index contributed by atoms with van der Waals surface area (Å²) in [5, 5.41) is 7.85. The third-order valence-corrected chi connectivity index (χ3v) is 2.39. The Morgan fingerprint density at radius 1 is 1.28 bits per heavy atom. The lowest BCUT2D eigenvalue weighted by molar-refractivity contribution is -0.428. The van der Waals surface area contributed by atoms with Crippen molar-refractivity contribution in [3.05, 3.63) is 42.1 Å². The van der Waals surface area contributed by atoms with Crippen LogP contribution in [0.3, 0.4) is 0 Å². The van der Waals surface area contributed by atoms with Gasteiger partial charge in [0.2, 0.25) is 0 Å². The molecule has 2 aromatic heterocycles. The molecular weight excluding hydrogens is 228 g/mol. The van der Waals surface area contributed by atoms with Crippen molar-refractivity contribution in [3.63, 3.8) is 0 Å². The maximum absolute atomic E-state index is 4.29. The first kappa shape index (κ1) is 12.1. The number of azo groups is 1. The van der Waals surface area contributed by atoms with Crippen molar-refractivity contribution >= 4 is 18.4 Å². The van der Waals surface area contributed by atoms with E-state index in [2.05, 4.69) is 22.4 Å². The molecule has 0 aliphatic rings. The third-order valence-electron chi connectivity index (χ3n) is 2.39. The van der Waals surface area contributed by atoms with Crippen molar-refractivity contribution < 1.29 is 4.68 Å². The van der Waals surface area contributed by atoms with Gasteiger partial charge in [0.05, 0.1) is 0 Å². The molecule has 6 heteroatoms. The summed E-state index contributed by atoms with van der Waals surface area (Å²) in [6, 6.07) is 7.75. The Kier molecular flexibility index (Phi) is 3.57. The first-order valence-electron chi connectivity index (χ1n) is 5.56. The SMILES string of the molecule is C=[N+](C)[N-]c1cccn1Cn1cccc1N=NC. The van der Waals surface area contributed by atoms with Gasteiger partial charge in [-0.05, 0) is 12.1 Å². The first-order chi connectivity index (χ1) is 8.70. The van der Waals surface area contributed by atoms with Crippen LogP contribution in [0.2, 0.25) is 0 Å². The van der Waals surface area contributed by atoms with Crippen LogP contribution in [-0.2, 0) is 6.67 Å². The van der Waals surface area contributed by atoms with Crippen LogP contribution in [0.4, 0.5) is 11.6 Å². The van der Waals surface area contributed by atoms with Crippen LogP contribution in [0.15, 0.2) is 46.9 Å². The van der Waals surface area contributed by atoms with Gasteiger partial charge >= 0.3 is 0 Å². The Morgan fingerprint density at radius 3 is 2.72 bits per heavy atom. The van der Waals surface area contributed by atoms with Crippen LogP contribution >= 0.6 is 0 Å². The van der Waals surface area contributed by atoms with Gasteiger partial charge in [-0.15, -0.1) is 5.11 Å². The molecule has 0 saturated heterocycles. The Bertz CT molecular complexity index is 563. The van der Waals surface area contributed by atoms with E-state index in [0.29, 0.717) is 6.67 Å². The molecule has 2 heterocycles. The number of nitrogens with zero attached hydrogens (tertiary/aromatic N) is 6. The summed E-state index contributed by atoms with van der Waals surface area (Å²) in [6.07, 6.45) is 3.93. The van der Waals surface area contributed by atoms with Crippen molar-refractivity contribution in [2.24, 2.45) is 10.2 Å². The van der Waals surface area contributed by atoms with Crippen molar-refractivity contribution in [1.82, 2.24) is 9.13 Å². The average Bonchev–Trinajstić information content (AvgIpc) is 2.91. The molecule has 6 nitrogen and oxygen atoms in total. The van der Waals surface area contributed by atoms with E-state index >= 15 is 0 Å². The minimum absolute atomic E-state index is 0.640. The van der Waals surface area contributed by atoms with E-state index < -0.39 is 0 Å². The van der Waals surface area contributed by atoms with E-state index in [1.54, 1.807) is 14.1 Å². The molecule has 0 N–H and O–H groups in total. The second kappa shape index (κ2) is 5.31. The Labute approximate surface area is 106 Å². The standard InChI is InChI=1S/C12H16N6/c1-13-14-11-6-4-8-17(11)10-18-9-5-7-12(18)15-16(2)3/h4-9H,2,10H2,1,3H3. The minimum atomic E-state index is 0.640. The van der Waals surface area contributed by atoms with E-state index in [9.17, 15) is 0 Å². The zero-order valence-corrected chi connectivity index (χ0v) is 10.6. The van der Waals surface area contributed by atoms with E-state index in [-0.39, 0.29) is 0 Å². The summed E-state index contributed by atoms with van der Waals surface area (Å²) in [5.74, 6) is 1.67. The Hall–Kier alpha value is -2.37. The molecule has 0 unspecified atom stereocenters. The van der Waals surface area contributed by atoms with Gasteiger partial charge in [0.15, 0.2) is 5.82 Å². The zero-order chi connectivity index (χ0) is 13.0. The Morgan fingerprint density at radius 2 is 2.00 bits per heavy atom. The summed E-state index contributed by atoms with van der Waals surface area (Å²) in [4.78, 5) is 0. The average molecular weight is 244 g/mol. The van der Waals surface area contributed by atoms with Gasteiger partial charge in [-0.25, -0.2) is 5.43 Å². The molecule has 0 aliphatic carbocycles. The van der Waals surface area contributed by atoms with Crippen molar-refractivity contribution in [2.45, 2.75) is 6.67 Å². The van der Waals surface area contributed by atoms with Gasteiger partial charge in [-0.2, -0.15) is 9.80 Å². The molecule has 2 rings (SSSR count). The van der Waals surface area contributed by atoms with Crippen molar-refractivity contribution in [1.29, 1.82) is 0 Å². The van der Waals surface area contributed by atoms with Gasteiger partial charge < -0.3 is 9.13 Å². The fourth-order valence-electron chi connectivity index (χ4n) is 1.67. The summed E-state index contributed by atoms with van der Waals surface area (Å²) in [5.41, 5.74) is 4.29. The van der Waals surface area contributed by atoms with E-state index in [0.717, 1.165) is 11.6 Å². The maximum atomic E-state index is 4.29. The molecule has 94 valence electrons. The molecule has 0 saturated carbocycles. The lowest BCUT2D eigenvalue weighted by atomic mass is 10.6. The fraction of sp³-hybridized carbons (Fsp3) is 0.250. The predicted molar refractivity (Wildman–Crippen MR) is 71.0 cm³/mol. The molecule has 0 aromatic carbocycles. The first-order valence-corrected chi connectivity index (χ1v) is 5.56. The second-order valence-electron chi connectivity index (χ2n) is 3.87. The molecule has 18 heavy (non-hydrogen) atoms. The highest BCUT2D eigenvalue weighted by molar-refractivity contribution is 5.40. The number of hydrogen-bond donors (Lipinski definition) is 0. The molecule has 0 spiro atoms. The zero-order valence-electron chi connectivity index (χ0n) is 10.6. The monoisotopic (exact) mass is 244 g/mol. The summed E-state index contributed by atoms with van der Waals surface area (Å²) in [6.45, 7) is 4.35. The highest BCUT2D eigenvalue weighted by atomic mass is 15.4. The van der Waals surface area contributed by atoms with E-state index in [1.165, 1.54) is 4.68 Å². The minimum Gasteiger partial charge on any atom is -0.427 e. The van der Waals surface area contributed by atoms with Crippen LogP contribution in [0.1, 0.15) is 0 Å². The molecule has 0 aliphatic heterocycles. The Balaban J connectivity index is 2.21. The van der Waals surface area contributed by atoms with Gasteiger partial charge in [-0.1, -0.05) is 18.3 Å². The van der Waals surface area contributed by atoms with E-state index in [4.69, 9.17) is 0 Å². The lowest BCUT2D eigenvalue weighted by Crippen LogP contribution is -2.06. The largest absolute Gasteiger partial charge is 0.427 e. The third kappa shape index (κ3) is 2.65. The normalized spacial score (nSPS) is 11.0. The van der Waals surface area contributed by atoms with Crippen molar-refractivity contribution in [2.75, 3.05) is 14.1 Å². The second-order valence-corrected chi connectivity index (χ2v) is 3.87. The molecule has 0 bridgehead atoms. The van der Waals surface area contributed by atoms with Crippen LogP contribution < -0.4 is 0 Å². The summed E-state index contributed by atoms with van der Waals surface area (Å²) in [7, 11) is 3.45. The van der Waals surface area contributed by atoms with Gasteiger partial charge in [0.25, 0.3) is 0 Å². The maximum Gasteiger partial charge on any atom is 0.154 e. The number of hydrogen-bond acceptors (Lipinski definition) is 2. The smallest absolute Gasteiger partial charge is 0.154 e. The predicted octanol–water partition coefficient (Wildman–Crippen LogP) is 2.77. The van der Waals surface area contributed by atoms with Crippen LogP contribution in [0.5, 0.6) is 0 Å². The molecule has 0 fully saturated rings. The van der Waals surface area contributed by atoms with Crippen LogP contribution in [0.25, 0.3) is 5.43 Å². The summed E-state index contributed by atoms with van der Waals surface area (Å²) < 4.78 is 5.54. The molecule has 0 radical (unpaired) electrons. The summed E-state index contributed by atoms with van der Waals surface area (Å²) >= 11 is 0. The van der Waals surface area contributed by atoms with Gasteiger partial charge in [0.1, 0.15) is 13.8 Å². The highest BCUT2D eigenvalue weighted by Crippen LogP contribution is 2.20.